The third-order valence-electron chi connectivity index (χ3n) is 5.23. The molecule has 0 saturated heterocycles. The van der Waals surface area contributed by atoms with Gasteiger partial charge in [-0.25, -0.2) is 0 Å². The van der Waals surface area contributed by atoms with E-state index in [2.05, 4.69) is 10.6 Å². The van der Waals surface area contributed by atoms with Crippen LogP contribution < -0.4 is 24.8 Å². The van der Waals surface area contributed by atoms with Crippen molar-refractivity contribution in [3.05, 3.63) is 84.1 Å². The van der Waals surface area contributed by atoms with Crippen LogP contribution in [0, 0.1) is 0 Å². The van der Waals surface area contributed by atoms with Gasteiger partial charge in [0.25, 0.3) is 5.91 Å². The Morgan fingerprint density at radius 2 is 1.74 bits per heavy atom. The van der Waals surface area contributed by atoms with Crippen LogP contribution in [0.5, 0.6) is 17.2 Å². The zero-order valence-electron chi connectivity index (χ0n) is 18.2. The average molecular weight is 456 g/mol. The summed E-state index contributed by atoms with van der Waals surface area (Å²) in [6.07, 6.45) is 3.02. The number of anilines is 2. The summed E-state index contributed by atoms with van der Waals surface area (Å²) in [6.45, 7) is 0.177. The standard InChI is InChI=1S/C26H20N2O6/c1-31-20-9-5-3-7-18(20)27-26(30)25-24(17-6-2-4-8-19(17)34-25)28-23(29)13-11-16-10-12-21-22(14-16)33-15-32-21/h2-14H,15H2,1H3,(H,27,30)(H,28,29)/b13-11+. The topological polar surface area (TPSA) is 99.0 Å². The molecule has 0 spiro atoms. The van der Waals surface area contributed by atoms with E-state index in [1.54, 1.807) is 66.7 Å². The maximum Gasteiger partial charge on any atom is 0.293 e. The third kappa shape index (κ3) is 4.16. The van der Waals surface area contributed by atoms with Gasteiger partial charge in [0.15, 0.2) is 11.5 Å². The van der Waals surface area contributed by atoms with Crippen LogP contribution in [-0.4, -0.2) is 25.7 Å². The first-order valence-electron chi connectivity index (χ1n) is 10.5. The first-order chi connectivity index (χ1) is 16.6. The lowest BCUT2D eigenvalue weighted by Crippen LogP contribution is -2.16. The Balaban J connectivity index is 1.40. The van der Waals surface area contributed by atoms with Crippen molar-refractivity contribution in [1.29, 1.82) is 0 Å². The number of benzene rings is 3. The highest BCUT2D eigenvalue weighted by molar-refractivity contribution is 6.16. The zero-order chi connectivity index (χ0) is 23.5. The van der Waals surface area contributed by atoms with Crippen molar-refractivity contribution in [3.8, 4) is 17.2 Å². The molecular weight excluding hydrogens is 436 g/mol. The van der Waals surface area contributed by atoms with Crippen LogP contribution in [0.1, 0.15) is 16.1 Å². The van der Waals surface area contributed by atoms with Crippen molar-refractivity contribution >= 4 is 40.2 Å². The lowest BCUT2D eigenvalue weighted by atomic mass is 10.2. The lowest BCUT2D eigenvalue weighted by Gasteiger charge is -2.09. The summed E-state index contributed by atoms with van der Waals surface area (Å²) in [5.41, 5.74) is 2.01. The Morgan fingerprint density at radius 3 is 2.62 bits per heavy atom. The minimum absolute atomic E-state index is 0.0167. The van der Waals surface area contributed by atoms with E-state index in [-0.39, 0.29) is 18.2 Å². The number of hydrogen-bond acceptors (Lipinski definition) is 6. The minimum atomic E-state index is -0.518. The summed E-state index contributed by atoms with van der Waals surface area (Å²) in [7, 11) is 1.52. The van der Waals surface area contributed by atoms with Crippen LogP contribution in [0.3, 0.4) is 0 Å². The first-order valence-corrected chi connectivity index (χ1v) is 10.5. The number of para-hydroxylation sites is 3. The SMILES string of the molecule is COc1ccccc1NC(=O)c1oc2ccccc2c1NC(=O)/C=C/c1ccc2c(c1)OCO2. The molecule has 0 fully saturated rings. The number of nitrogens with one attached hydrogen (secondary N) is 2. The summed E-state index contributed by atoms with van der Waals surface area (Å²) in [5, 5.41) is 6.17. The number of methoxy groups -OCH3 is 1. The smallest absolute Gasteiger partial charge is 0.293 e. The maximum absolute atomic E-state index is 13.1. The summed E-state index contributed by atoms with van der Waals surface area (Å²) in [6, 6.07) is 19.5. The number of ether oxygens (including phenoxy) is 3. The highest BCUT2D eigenvalue weighted by Crippen LogP contribution is 2.34. The molecule has 8 heteroatoms. The largest absolute Gasteiger partial charge is 0.495 e. The van der Waals surface area contributed by atoms with E-state index < -0.39 is 11.8 Å². The number of rotatable bonds is 6. The molecule has 2 heterocycles. The van der Waals surface area contributed by atoms with Gasteiger partial charge in [-0.05, 0) is 48.0 Å². The quantitative estimate of drug-likeness (QED) is 0.393. The Kier molecular flexibility index (Phi) is 5.61. The number of hydrogen-bond donors (Lipinski definition) is 2. The van der Waals surface area contributed by atoms with E-state index in [0.29, 0.717) is 33.9 Å². The van der Waals surface area contributed by atoms with E-state index in [9.17, 15) is 9.59 Å². The van der Waals surface area contributed by atoms with Gasteiger partial charge in [-0.3, -0.25) is 9.59 Å². The number of furan rings is 1. The van der Waals surface area contributed by atoms with Crippen molar-refractivity contribution in [2.45, 2.75) is 0 Å². The second-order valence-electron chi connectivity index (χ2n) is 7.39. The van der Waals surface area contributed by atoms with Gasteiger partial charge < -0.3 is 29.3 Å². The van der Waals surface area contributed by atoms with Crippen LogP contribution >= 0.6 is 0 Å². The highest BCUT2D eigenvalue weighted by atomic mass is 16.7. The van der Waals surface area contributed by atoms with E-state index in [1.807, 2.05) is 6.07 Å². The Hall–Kier alpha value is -4.72. The third-order valence-corrected chi connectivity index (χ3v) is 5.23. The lowest BCUT2D eigenvalue weighted by molar-refractivity contribution is -0.111. The monoisotopic (exact) mass is 456 g/mol. The van der Waals surface area contributed by atoms with Crippen molar-refractivity contribution in [2.75, 3.05) is 24.5 Å². The predicted molar refractivity (Wildman–Crippen MR) is 127 cm³/mol. The fraction of sp³-hybridized carbons (Fsp3) is 0.0769. The molecule has 0 saturated carbocycles. The molecule has 1 aliphatic heterocycles. The second kappa shape index (κ2) is 9.03. The number of fused-ring (bicyclic) bond motifs is 2. The van der Waals surface area contributed by atoms with Crippen LogP contribution in [0.2, 0.25) is 0 Å². The van der Waals surface area contributed by atoms with Crippen LogP contribution in [-0.2, 0) is 4.79 Å². The normalized spacial score (nSPS) is 12.1. The molecule has 2 N–H and O–H groups in total. The van der Waals surface area contributed by atoms with Gasteiger partial charge in [-0.2, -0.15) is 0 Å². The summed E-state index contributed by atoms with van der Waals surface area (Å²) >= 11 is 0. The molecule has 5 rings (SSSR count). The van der Waals surface area contributed by atoms with Crippen molar-refractivity contribution in [1.82, 2.24) is 0 Å². The van der Waals surface area contributed by atoms with E-state index in [1.165, 1.54) is 13.2 Å². The number of amides is 2. The zero-order valence-corrected chi connectivity index (χ0v) is 18.2. The van der Waals surface area contributed by atoms with Gasteiger partial charge >= 0.3 is 0 Å². The molecule has 1 aromatic heterocycles. The number of carbonyl (C=O) groups excluding carboxylic acids is 2. The molecule has 0 radical (unpaired) electrons. The van der Waals surface area contributed by atoms with E-state index >= 15 is 0 Å². The Labute approximate surface area is 194 Å². The fourth-order valence-electron chi connectivity index (χ4n) is 3.61. The van der Waals surface area contributed by atoms with E-state index in [4.69, 9.17) is 18.6 Å². The van der Waals surface area contributed by atoms with Gasteiger partial charge in [-0.15, -0.1) is 0 Å². The molecule has 170 valence electrons. The summed E-state index contributed by atoms with van der Waals surface area (Å²) < 4.78 is 21.8. The van der Waals surface area contributed by atoms with Gasteiger partial charge in [0, 0.05) is 11.5 Å². The van der Waals surface area contributed by atoms with Crippen molar-refractivity contribution < 1.29 is 28.2 Å². The first kappa shape index (κ1) is 21.1. The molecular formula is C26H20N2O6. The molecule has 2 amide bonds. The Bertz CT molecular complexity index is 1420. The second-order valence-corrected chi connectivity index (χ2v) is 7.39. The van der Waals surface area contributed by atoms with Crippen LogP contribution in [0.4, 0.5) is 11.4 Å². The van der Waals surface area contributed by atoms with Gasteiger partial charge in [0.2, 0.25) is 18.5 Å². The van der Waals surface area contributed by atoms with Crippen LogP contribution in [0.15, 0.2) is 77.2 Å². The average Bonchev–Trinajstić information content (AvgIpc) is 3.47. The van der Waals surface area contributed by atoms with Crippen molar-refractivity contribution in [2.24, 2.45) is 0 Å². The van der Waals surface area contributed by atoms with Crippen molar-refractivity contribution in [3.63, 3.8) is 0 Å². The van der Waals surface area contributed by atoms with Crippen LogP contribution in [0.25, 0.3) is 17.0 Å². The molecule has 34 heavy (non-hydrogen) atoms. The molecule has 4 aromatic rings. The fourth-order valence-corrected chi connectivity index (χ4v) is 3.61. The van der Waals surface area contributed by atoms with Gasteiger partial charge in [0.1, 0.15) is 17.0 Å². The molecule has 8 nitrogen and oxygen atoms in total. The molecule has 0 atom stereocenters. The molecule has 0 bridgehead atoms. The minimum Gasteiger partial charge on any atom is -0.495 e. The maximum atomic E-state index is 13.1. The molecule has 0 aliphatic carbocycles. The van der Waals surface area contributed by atoms with Gasteiger partial charge in [0.05, 0.1) is 12.8 Å². The predicted octanol–water partition coefficient (Wildman–Crippen LogP) is 5.07. The molecule has 0 unspecified atom stereocenters. The van der Waals surface area contributed by atoms with Gasteiger partial charge in [-0.1, -0.05) is 30.3 Å². The summed E-state index contributed by atoms with van der Waals surface area (Å²) in [4.78, 5) is 25.8. The molecule has 3 aromatic carbocycles. The van der Waals surface area contributed by atoms with E-state index in [0.717, 1.165) is 5.56 Å². The Morgan fingerprint density at radius 1 is 0.941 bits per heavy atom. The highest BCUT2D eigenvalue weighted by Gasteiger charge is 2.22. The molecule has 1 aliphatic rings. The number of carbonyl (C=O) groups is 2. The summed E-state index contributed by atoms with van der Waals surface area (Å²) in [5.74, 6) is 0.836.